The number of ketones is 1. The van der Waals surface area contributed by atoms with Crippen molar-refractivity contribution in [2.24, 2.45) is 16.8 Å². The van der Waals surface area contributed by atoms with Crippen LogP contribution in [0.2, 0.25) is 0 Å². The summed E-state index contributed by atoms with van der Waals surface area (Å²) in [6.45, 7) is 2.26. The summed E-state index contributed by atoms with van der Waals surface area (Å²) in [4.78, 5) is 24.6. The topological polar surface area (TPSA) is 114 Å². The Balaban J connectivity index is 1.49. The predicted molar refractivity (Wildman–Crippen MR) is 136 cm³/mol. The van der Waals surface area contributed by atoms with Gasteiger partial charge < -0.3 is 14.6 Å². The Bertz CT molecular complexity index is 1080. The number of hydrogen-bond donors (Lipinski definition) is 2. The molecule has 3 N–H and O–H groups in total. The van der Waals surface area contributed by atoms with Crippen LogP contribution in [-0.4, -0.2) is 72.1 Å². The standard InChI is InChI=1S/C26H31N3O5S/c1-33-11-8-26(27)22(16-24(30)31)15-21-14-20(6-7-23(21)34-26)25(32)19-4-2-18(3-5-19)17-28-29-9-12-35-13-10-29/h2-7,14,17,22H,8-13,15-16,27H2,1H3,(H,30,31). The Morgan fingerprint density at radius 3 is 2.63 bits per heavy atom. The van der Waals surface area contributed by atoms with Gasteiger partial charge in [-0.3, -0.25) is 20.3 Å². The van der Waals surface area contributed by atoms with Crippen molar-refractivity contribution >= 4 is 29.7 Å². The van der Waals surface area contributed by atoms with Crippen molar-refractivity contribution in [1.29, 1.82) is 0 Å². The Labute approximate surface area is 209 Å². The maximum Gasteiger partial charge on any atom is 0.303 e. The van der Waals surface area contributed by atoms with Crippen molar-refractivity contribution in [3.63, 3.8) is 0 Å². The molecule has 35 heavy (non-hydrogen) atoms. The first-order chi connectivity index (χ1) is 16.9. The zero-order valence-corrected chi connectivity index (χ0v) is 20.6. The fourth-order valence-electron chi connectivity index (χ4n) is 4.38. The van der Waals surface area contributed by atoms with Gasteiger partial charge in [-0.1, -0.05) is 24.3 Å². The van der Waals surface area contributed by atoms with Gasteiger partial charge in [0.2, 0.25) is 0 Å². The molecule has 0 aliphatic carbocycles. The number of nitrogens with two attached hydrogens (primary N) is 1. The molecule has 2 aromatic carbocycles. The van der Waals surface area contributed by atoms with Crippen LogP contribution in [0.4, 0.5) is 0 Å². The molecule has 186 valence electrons. The van der Waals surface area contributed by atoms with Crippen LogP contribution in [0.25, 0.3) is 0 Å². The van der Waals surface area contributed by atoms with Crippen LogP contribution in [0, 0.1) is 5.92 Å². The number of hydrazone groups is 1. The van der Waals surface area contributed by atoms with Crippen LogP contribution < -0.4 is 10.5 Å². The van der Waals surface area contributed by atoms with Gasteiger partial charge in [0, 0.05) is 55.2 Å². The van der Waals surface area contributed by atoms with E-state index in [2.05, 4.69) is 10.1 Å². The molecule has 0 spiro atoms. The number of rotatable bonds is 9. The first kappa shape index (κ1) is 25.2. The van der Waals surface area contributed by atoms with Gasteiger partial charge in [-0.25, -0.2) is 0 Å². The number of hydrogen-bond acceptors (Lipinski definition) is 8. The third-order valence-corrected chi connectivity index (χ3v) is 7.37. The number of aliphatic carboxylic acids is 1. The van der Waals surface area contributed by atoms with Crippen LogP contribution in [0.5, 0.6) is 5.75 Å². The smallest absolute Gasteiger partial charge is 0.303 e. The van der Waals surface area contributed by atoms with Crippen LogP contribution >= 0.6 is 11.8 Å². The summed E-state index contributed by atoms with van der Waals surface area (Å²) in [6, 6.07) is 12.6. The van der Waals surface area contributed by atoms with Crippen LogP contribution in [0.3, 0.4) is 0 Å². The summed E-state index contributed by atoms with van der Waals surface area (Å²) >= 11 is 1.94. The molecule has 2 aromatic rings. The van der Waals surface area contributed by atoms with Crippen molar-refractivity contribution in [3.8, 4) is 5.75 Å². The summed E-state index contributed by atoms with van der Waals surface area (Å²) in [6.07, 6.45) is 2.48. The summed E-state index contributed by atoms with van der Waals surface area (Å²) in [5.74, 6) is 1.27. The van der Waals surface area contributed by atoms with E-state index in [0.29, 0.717) is 36.3 Å². The van der Waals surface area contributed by atoms with Crippen LogP contribution in [0.15, 0.2) is 47.6 Å². The third-order valence-electron chi connectivity index (χ3n) is 6.43. The highest BCUT2D eigenvalue weighted by Gasteiger charge is 2.42. The highest BCUT2D eigenvalue weighted by molar-refractivity contribution is 7.99. The minimum absolute atomic E-state index is 0.108. The third kappa shape index (κ3) is 6.22. The van der Waals surface area contributed by atoms with Crippen molar-refractivity contribution in [1.82, 2.24) is 5.01 Å². The zero-order chi connectivity index (χ0) is 24.8. The van der Waals surface area contributed by atoms with E-state index in [1.807, 2.05) is 30.1 Å². The van der Waals surface area contributed by atoms with Gasteiger partial charge in [0.25, 0.3) is 0 Å². The molecule has 2 aliphatic heterocycles. The van der Waals surface area contributed by atoms with E-state index >= 15 is 0 Å². The Kier molecular flexibility index (Phi) is 8.10. The first-order valence-electron chi connectivity index (χ1n) is 11.7. The van der Waals surface area contributed by atoms with Gasteiger partial charge in [0.1, 0.15) is 5.75 Å². The number of fused-ring (bicyclic) bond motifs is 1. The highest BCUT2D eigenvalue weighted by atomic mass is 32.2. The maximum absolute atomic E-state index is 13.2. The molecule has 4 rings (SSSR count). The maximum atomic E-state index is 13.2. The van der Waals surface area contributed by atoms with Gasteiger partial charge in [0.05, 0.1) is 19.2 Å². The van der Waals surface area contributed by atoms with E-state index in [4.69, 9.17) is 15.2 Å². The second kappa shape index (κ2) is 11.2. The molecular weight excluding hydrogens is 466 g/mol. The molecule has 8 nitrogen and oxygen atoms in total. The molecule has 0 amide bonds. The van der Waals surface area contributed by atoms with Gasteiger partial charge in [-0.15, -0.1) is 0 Å². The molecule has 0 radical (unpaired) electrons. The molecular formula is C26H31N3O5S. The molecule has 9 heteroatoms. The molecule has 2 heterocycles. The van der Waals surface area contributed by atoms with E-state index in [-0.39, 0.29) is 12.2 Å². The number of nitrogens with zero attached hydrogens (tertiary/aromatic N) is 2. The molecule has 0 saturated carbocycles. The number of methoxy groups -OCH3 is 1. The lowest BCUT2D eigenvalue weighted by Gasteiger charge is -2.41. The van der Waals surface area contributed by atoms with Gasteiger partial charge in [-0.2, -0.15) is 16.9 Å². The Morgan fingerprint density at radius 1 is 1.23 bits per heavy atom. The van der Waals surface area contributed by atoms with Crippen molar-refractivity contribution in [3.05, 3.63) is 64.7 Å². The van der Waals surface area contributed by atoms with Crippen molar-refractivity contribution in [2.45, 2.75) is 25.0 Å². The second-order valence-corrected chi connectivity index (χ2v) is 10.1. The predicted octanol–water partition coefficient (Wildman–Crippen LogP) is 3.02. The van der Waals surface area contributed by atoms with E-state index in [0.717, 1.165) is 35.7 Å². The Hall–Kier alpha value is -2.88. The summed E-state index contributed by atoms with van der Waals surface area (Å²) < 4.78 is 11.2. The van der Waals surface area contributed by atoms with Gasteiger partial charge in [-0.05, 0) is 35.7 Å². The van der Waals surface area contributed by atoms with Crippen LogP contribution in [-0.2, 0) is 16.0 Å². The number of benzene rings is 2. The SMILES string of the molecule is COCCC1(N)Oc2ccc(C(=O)c3ccc(C=NN4CCSCC4)cc3)cc2CC1CC(=O)O. The first-order valence-corrected chi connectivity index (χ1v) is 12.9. The van der Waals surface area contributed by atoms with Gasteiger partial charge >= 0.3 is 5.97 Å². The summed E-state index contributed by atoms with van der Waals surface area (Å²) in [7, 11) is 1.57. The lowest BCUT2D eigenvalue weighted by molar-refractivity contribution is -0.141. The molecule has 2 atom stereocenters. The number of thioether (sulfide) groups is 1. The summed E-state index contributed by atoms with van der Waals surface area (Å²) in [5, 5.41) is 16.0. The number of carboxylic acids is 1. The summed E-state index contributed by atoms with van der Waals surface area (Å²) in [5.41, 5.74) is 8.15. The lowest BCUT2D eigenvalue weighted by atomic mass is 9.81. The molecule has 1 fully saturated rings. The quantitative estimate of drug-likeness (QED) is 0.401. The second-order valence-electron chi connectivity index (χ2n) is 8.88. The minimum Gasteiger partial charge on any atom is -0.481 e. The van der Waals surface area contributed by atoms with E-state index in [1.54, 1.807) is 37.4 Å². The molecule has 2 unspecified atom stereocenters. The lowest BCUT2D eigenvalue weighted by Crippen LogP contribution is -2.56. The fraction of sp³-hybridized carbons (Fsp3) is 0.423. The average Bonchev–Trinajstić information content (AvgIpc) is 2.87. The number of ether oxygens (including phenoxy) is 2. The normalized spacial score (nSPS) is 22.0. The van der Waals surface area contributed by atoms with Crippen molar-refractivity contribution in [2.75, 3.05) is 38.3 Å². The molecule has 0 aromatic heterocycles. The molecule has 1 saturated heterocycles. The number of carbonyl (C=O) groups is 2. The minimum atomic E-state index is -1.14. The van der Waals surface area contributed by atoms with E-state index in [9.17, 15) is 14.7 Å². The average molecular weight is 498 g/mol. The van der Waals surface area contributed by atoms with E-state index in [1.165, 1.54) is 0 Å². The van der Waals surface area contributed by atoms with E-state index < -0.39 is 17.6 Å². The Morgan fingerprint density at radius 2 is 1.94 bits per heavy atom. The van der Waals surface area contributed by atoms with Crippen LogP contribution in [0.1, 0.15) is 39.9 Å². The van der Waals surface area contributed by atoms with Crippen molar-refractivity contribution < 1.29 is 24.2 Å². The molecule has 0 bridgehead atoms. The molecule has 2 aliphatic rings. The van der Waals surface area contributed by atoms with Gasteiger partial charge in [0.15, 0.2) is 11.5 Å². The fourth-order valence-corrected chi connectivity index (χ4v) is 5.27. The largest absolute Gasteiger partial charge is 0.481 e. The zero-order valence-electron chi connectivity index (χ0n) is 19.8. The highest BCUT2D eigenvalue weighted by Crippen LogP contribution is 2.38. The number of carboxylic acid groups (broad SMARTS) is 1. The monoisotopic (exact) mass is 497 g/mol. The number of carbonyl (C=O) groups excluding carboxylic acids is 1.